The maximum Gasteiger partial charge on any atom is 0.336 e. The zero-order chi connectivity index (χ0) is 14.3. The second-order valence-electron chi connectivity index (χ2n) is 4.41. The van der Waals surface area contributed by atoms with Crippen molar-refractivity contribution in [2.45, 2.75) is 6.92 Å². The number of carboxylic acid groups (broad SMARTS) is 1. The number of furan rings is 1. The SMILES string of the molecule is Cc1ccc(-c2cc(C(=O)O)c3cccc(Br)c3n2)o1. The summed E-state index contributed by atoms with van der Waals surface area (Å²) in [5, 5.41) is 9.97. The quantitative estimate of drug-likeness (QED) is 0.761. The fourth-order valence-corrected chi connectivity index (χ4v) is 2.54. The number of para-hydroxylation sites is 1. The van der Waals surface area contributed by atoms with Crippen molar-refractivity contribution in [3.05, 3.63) is 52.2 Å². The van der Waals surface area contributed by atoms with Crippen molar-refractivity contribution in [2.75, 3.05) is 0 Å². The summed E-state index contributed by atoms with van der Waals surface area (Å²) >= 11 is 3.41. The molecule has 0 aliphatic heterocycles. The third kappa shape index (κ3) is 2.10. The zero-order valence-corrected chi connectivity index (χ0v) is 12.1. The largest absolute Gasteiger partial charge is 0.478 e. The van der Waals surface area contributed by atoms with Gasteiger partial charge in [-0.25, -0.2) is 9.78 Å². The summed E-state index contributed by atoms with van der Waals surface area (Å²) in [6.45, 7) is 1.83. The highest BCUT2D eigenvalue weighted by atomic mass is 79.9. The van der Waals surface area contributed by atoms with E-state index in [2.05, 4.69) is 20.9 Å². The molecule has 0 amide bonds. The smallest absolute Gasteiger partial charge is 0.336 e. The van der Waals surface area contributed by atoms with Crippen LogP contribution in [0, 0.1) is 6.92 Å². The van der Waals surface area contributed by atoms with Gasteiger partial charge in [0, 0.05) is 9.86 Å². The van der Waals surface area contributed by atoms with E-state index in [4.69, 9.17) is 4.42 Å². The molecule has 1 aromatic carbocycles. The highest BCUT2D eigenvalue weighted by Gasteiger charge is 2.15. The van der Waals surface area contributed by atoms with Crippen LogP contribution in [0.4, 0.5) is 0 Å². The Balaban J connectivity index is 2.35. The number of aromatic nitrogens is 1. The number of hydrogen-bond acceptors (Lipinski definition) is 3. The molecular formula is C15H10BrNO3. The zero-order valence-electron chi connectivity index (χ0n) is 10.6. The fourth-order valence-electron chi connectivity index (χ4n) is 2.09. The molecule has 1 N–H and O–H groups in total. The third-order valence-corrected chi connectivity index (χ3v) is 3.65. The maximum atomic E-state index is 11.4. The van der Waals surface area contributed by atoms with Crippen LogP contribution in [-0.2, 0) is 0 Å². The molecule has 0 saturated carbocycles. The second-order valence-corrected chi connectivity index (χ2v) is 5.26. The van der Waals surface area contributed by atoms with Crippen LogP contribution in [0.5, 0.6) is 0 Å². The van der Waals surface area contributed by atoms with Crippen molar-refractivity contribution in [1.82, 2.24) is 4.98 Å². The van der Waals surface area contributed by atoms with E-state index in [9.17, 15) is 9.90 Å². The van der Waals surface area contributed by atoms with Crippen LogP contribution in [0.15, 0.2) is 45.3 Å². The molecule has 0 unspecified atom stereocenters. The predicted octanol–water partition coefficient (Wildman–Crippen LogP) is 4.26. The van der Waals surface area contributed by atoms with Crippen molar-refractivity contribution in [3.8, 4) is 11.5 Å². The van der Waals surface area contributed by atoms with Gasteiger partial charge in [-0.15, -0.1) is 0 Å². The predicted molar refractivity (Wildman–Crippen MR) is 78.8 cm³/mol. The van der Waals surface area contributed by atoms with Gasteiger partial charge < -0.3 is 9.52 Å². The van der Waals surface area contributed by atoms with Crippen molar-refractivity contribution in [1.29, 1.82) is 0 Å². The van der Waals surface area contributed by atoms with E-state index in [0.29, 0.717) is 22.4 Å². The number of benzene rings is 1. The first-order chi connectivity index (χ1) is 9.56. The van der Waals surface area contributed by atoms with E-state index in [1.165, 1.54) is 6.07 Å². The lowest BCUT2D eigenvalue weighted by Gasteiger charge is -2.06. The second kappa shape index (κ2) is 4.76. The Labute approximate surface area is 123 Å². The summed E-state index contributed by atoms with van der Waals surface area (Å²) in [7, 11) is 0. The van der Waals surface area contributed by atoms with Crippen LogP contribution in [0.2, 0.25) is 0 Å². The summed E-state index contributed by atoms with van der Waals surface area (Å²) in [4.78, 5) is 15.9. The maximum absolute atomic E-state index is 11.4. The Morgan fingerprint density at radius 2 is 2.10 bits per heavy atom. The van der Waals surface area contributed by atoms with Gasteiger partial charge in [0.2, 0.25) is 0 Å². The molecular weight excluding hydrogens is 322 g/mol. The van der Waals surface area contributed by atoms with Crippen LogP contribution in [0.1, 0.15) is 16.1 Å². The Bertz CT molecular complexity index is 823. The van der Waals surface area contributed by atoms with Gasteiger partial charge in [0.05, 0.1) is 11.1 Å². The normalized spacial score (nSPS) is 10.9. The molecule has 2 heterocycles. The highest BCUT2D eigenvalue weighted by Crippen LogP contribution is 2.30. The van der Waals surface area contributed by atoms with Gasteiger partial charge in [0.25, 0.3) is 0 Å². The summed E-state index contributed by atoms with van der Waals surface area (Å²) in [6, 6.07) is 10.5. The van der Waals surface area contributed by atoms with E-state index in [1.54, 1.807) is 18.2 Å². The van der Waals surface area contributed by atoms with Crippen LogP contribution >= 0.6 is 15.9 Å². The average molecular weight is 332 g/mol. The van der Waals surface area contributed by atoms with Gasteiger partial charge in [-0.3, -0.25) is 0 Å². The van der Waals surface area contributed by atoms with E-state index in [-0.39, 0.29) is 5.56 Å². The van der Waals surface area contributed by atoms with Gasteiger partial charge in [0.1, 0.15) is 11.5 Å². The van der Waals surface area contributed by atoms with Crippen molar-refractivity contribution < 1.29 is 14.3 Å². The number of pyridine rings is 1. The van der Waals surface area contributed by atoms with E-state index >= 15 is 0 Å². The molecule has 0 spiro atoms. The van der Waals surface area contributed by atoms with E-state index in [0.717, 1.165) is 10.2 Å². The number of carbonyl (C=O) groups is 1. The lowest BCUT2D eigenvalue weighted by molar-refractivity contribution is 0.0699. The first-order valence-corrected chi connectivity index (χ1v) is 6.75. The van der Waals surface area contributed by atoms with Crippen molar-refractivity contribution in [2.24, 2.45) is 0 Å². The molecule has 0 aliphatic rings. The lowest BCUT2D eigenvalue weighted by atomic mass is 10.1. The summed E-state index contributed by atoms with van der Waals surface area (Å²) < 4.78 is 6.27. The molecule has 5 heteroatoms. The number of aromatic carboxylic acids is 1. The van der Waals surface area contributed by atoms with Gasteiger partial charge in [0.15, 0.2) is 5.76 Å². The lowest BCUT2D eigenvalue weighted by Crippen LogP contribution is -2.00. The molecule has 0 atom stereocenters. The van der Waals surface area contributed by atoms with Gasteiger partial charge in [-0.2, -0.15) is 0 Å². The molecule has 0 radical (unpaired) electrons. The molecule has 3 rings (SSSR count). The summed E-state index contributed by atoms with van der Waals surface area (Å²) in [5.74, 6) is 0.327. The summed E-state index contributed by atoms with van der Waals surface area (Å²) in [6.07, 6.45) is 0. The number of hydrogen-bond donors (Lipinski definition) is 1. The Kier molecular flexibility index (Phi) is 3.06. The Morgan fingerprint density at radius 3 is 2.75 bits per heavy atom. The number of carboxylic acids is 1. The number of rotatable bonds is 2. The first-order valence-electron chi connectivity index (χ1n) is 5.95. The standard InChI is InChI=1S/C15H10BrNO3/c1-8-5-6-13(20-8)12-7-10(15(18)19)9-3-2-4-11(16)14(9)17-12/h2-7H,1H3,(H,18,19). The minimum absolute atomic E-state index is 0.209. The third-order valence-electron chi connectivity index (χ3n) is 3.01. The molecule has 3 aromatic rings. The Morgan fingerprint density at radius 1 is 1.30 bits per heavy atom. The minimum atomic E-state index is -0.986. The van der Waals surface area contributed by atoms with Crippen LogP contribution in [-0.4, -0.2) is 16.1 Å². The highest BCUT2D eigenvalue weighted by molar-refractivity contribution is 9.10. The molecule has 2 aromatic heterocycles. The van der Waals surface area contributed by atoms with E-state index < -0.39 is 5.97 Å². The molecule has 100 valence electrons. The number of aryl methyl sites for hydroxylation is 1. The molecule has 0 bridgehead atoms. The fraction of sp³-hybridized carbons (Fsp3) is 0.0667. The molecule has 0 saturated heterocycles. The number of halogens is 1. The van der Waals surface area contributed by atoms with Gasteiger partial charge >= 0.3 is 5.97 Å². The molecule has 20 heavy (non-hydrogen) atoms. The first kappa shape index (κ1) is 12.9. The minimum Gasteiger partial charge on any atom is -0.478 e. The average Bonchev–Trinajstić information content (AvgIpc) is 2.85. The van der Waals surface area contributed by atoms with Crippen LogP contribution < -0.4 is 0 Å². The molecule has 4 nitrogen and oxygen atoms in total. The van der Waals surface area contributed by atoms with Gasteiger partial charge in [-0.1, -0.05) is 12.1 Å². The Hall–Kier alpha value is -2.14. The van der Waals surface area contributed by atoms with Crippen LogP contribution in [0.25, 0.3) is 22.4 Å². The van der Waals surface area contributed by atoms with Crippen LogP contribution in [0.3, 0.4) is 0 Å². The molecule has 0 aliphatic carbocycles. The molecule has 0 fully saturated rings. The van der Waals surface area contributed by atoms with Crippen molar-refractivity contribution >= 4 is 32.8 Å². The topological polar surface area (TPSA) is 63.3 Å². The van der Waals surface area contributed by atoms with Crippen molar-refractivity contribution in [3.63, 3.8) is 0 Å². The monoisotopic (exact) mass is 331 g/mol. The van der Waals surface area contributed by atoms with Gasteiger partial charge in [-0.05, 0) is 47.1 Å². The number of nitrogens with zero attached hydrogens (tertiary/aromatic N) is 1. The summed E-state index contributed by atoms with van der Waals surface area (Å²) in [5.41, 5.74) is 1.33. The number of fused-ring (bicyclic) bond motifs is 1. The van der Waals surface area contributed by atoms with E-state index in [1.807, 2.05) is 19.1 Å².